The Bertz CT molecular complexity index is 1150. The Balaban J connectivity index is 1.32. The van der Waals surface area contributed by atoms with Crippen LogP contribution < -0.4 is 10.2 Å². The Labute approximate surface area is 174 Å². The molecule has 1 aliphatic heterocycles. The molecule has 2 aromatic heterocycles. The number of benzene rings is 2. The first-order chi connectivity index (χ1) is 14.8. The molecule has 2 aromatic carbocycles. The summed E-state index contributed by atoms with van der Waals surface area (Å²) < 4.78 is 0. The third-order valence-electron chi connectivity index (χ3n) is 5.61. The van der Waals surface area contributed by atoms with Crippen molar-refractivity contribution in [1.82, 2.24) is 25.5 Å². The van der Waals surface area contributed by atoms with E-state index in [1.807, 2.05) is 48.8 Å². The average molecular weight is 398 g/mol. The highest BCUT2D eigenvalue weighted by atomic mass is 16.1. The lowest BCUT2D eigenvalue weighted by Gasteiger charge is -2.33. The Morgan fingerprint density at radius 1 is 1.03 bits per heavy atom. The molecule has 0 aliphatic carbocycles. The van der Waals surface area contributed by atoms with E-state index in [4.69, 9.17) is 0 Å². The standard InChI is InChI=1S/C23H22N6O/c30-23(16-4-2-1-3-5-16)28-19-8-10-29(11-9-19)22-20-12-17(18-13-26-27-14-18)6-7-21(20)24-15-25-22/h1-7,12-15,19H,8-11H2,(H,26,27)(H,28,30). The van der Waals surface area contributed by atoms with E-state index in [1.165, 1.54) is 0 Å². The molecular formula is C23H22N6O. The molecule has 30 heavy (non-hydrogen) atoms. The number of hydrogen-bond acceptors (Lipinski definition) is 5. The summed E-state index contributed by atoms with van der Waals surface area (Å²) in [7, 11) is 0. The molecule has 2 N–H and O–H groups in total. The van der Waals surface area contributed by atoms with Crippen molar-refractivity contribution in [1.29, 1.82) is 0 Å². The quantitative estimate of drug-likeness (QED) is 0.550. The van der Waals surface area contributed by atoms with Gasteiger partial charge in [-0.3, -0.25) is 9.89 Å². The van der Waals surface area contributed by atoms with Crippen LogP contribution in [0.3, 0.4) is 0 Å². The number of nitrogens with one attached hydrogen (secondary N) is 2. The van der Waals surface area contributed by atoms with Crippen molar-refractivity contribution in [2.75, 3.05) is 18.0 Å². The summed E-state index contributed by atoms with van der Waals surface area (Å²) in [6.45, 7) is 1.67. The van der Waals surface area contributed by atoms with Gasteiger partial charge in [0.2, 0.25) is 0 Å². The Hall–Kier alpha value is -3.74. The first kappa shape index (κ1) is 18.3. The summed E-state index contributed by atoms with van der Waals surface area (Å²) in [6.07, 6.45) is 7.08. The molecule has 0 bridgehead atoms. The number of aromatic amines is 1. The topological polar surface area (TPSA) is 86.8 Å². The van der Waals surface area contributed by atoms with Crippen LogP contribution in [0.4, 0.5) is 5.82 Å². The number of amides is 1. The highest BCUT2D eigenvalue weighted by Crippen LogP contribution is 2.29. The Morgan fingerprint density at radius 2 is 1.87 bits per heavy atom. The zero-order valence-corrected chi connectivity index (χ0v) is 16.5. The fourth-order valence-corrected chi connectivity index (χ4v) is 3.98. The summed E-state index contributed by atoms with van der Waals surface area (Å²) in [5.41, 5.74) is 3.74. The van der Waals surface area contributed by atoms with E-state index < -0.39 is 0 Å². The zero-order chi connectivity index (χ0) is 20.3. The van der Waals surface area contributed by atoms with Crippen LogP contribution in [0.1, 0.15) is 23.2 Å². The molecule has 1 fully saturated rings. The number of carbonyl (C=O) groups excluding carboxylic acids is 1. The van der Waals surface area contributed by atoms with Crippen molar-refractivity contribution < 1.29 is 4.79 Å². The maximum atomic E-state index is 12.4. The SMILES string of the molecule is O=C(NC1CCN(c2ncnc3ccc(-c4cn[nH]c4)cc23)CC1)c1ccccc1. The summed E-state index contributed by atoms with van der Waals surface area (Å²) in [5.74, 6) is 0.935. The van der Waals surface area contributed by atoms with E-state index >= 15 is 0 Å². The number of rotatable bonds is 4. The minimum Gasteiger partial charge on any atom is -0.356 e. The highest BCUT2D eigenvalue weighted by molar-refractivity contribution is 5.94. The number of H-pyrrole nitrogens is 1. The van der Waals surface area contributed by atoms with Crippen LogP contribution in [-0.4, -0.2) is 45.2 Å². The molecule has 5 rings (SSSR count). The predicted octanol–water partition coefficient (Wildman–Crippen LogP) is 3.42. The monoisotopic (exact) mass is 398 g/mol. The van der Waals surface area contributed by atoms with Gasteiger partial charge in [0.05, 0.1) is 11.7 Å². The summed E-state index contributed by atoms with van der Waals surface area (Å²) in [4.78, 5) is 23.7. The van der Waals surface area contributed by atoms with Crippen molar-refractivity contribution in [2.45, 2.75) is 18.9 Å². The number of piperidine rings is 1. The molecule has 1 amide bonds. The lowest BCUT2D eigenvalue weighted by molar-refractivity contribution is 0.0931. The molecule has 1 saturated heterocycles. The van der Waals surface area contributed by atoms with E-state index in [0.717, 1.165) is 53.8 Å². The molecule has 1 aliphatic rings. The third kappa shape index (κ3) is 3.61. The lowest BCUT2D eigenvalue weighted by atomic mass is 10.0. The molecule has 7 heteroatoms. The molecule has 4 aromatic rings. The van der Waals surface area contributed by atoms with E-state index in [1.54, 1.807) is 6.33 Å². The van der Waals surface area contributed by atoms with Crippen LogP contribution in [0.2, 0.25) is 0 Å². The van der Waals surface area contributed by atoms with Gasteiger partial charge in [-0.2, -0.15) is 5.10 Å². The molecule has 0 atom stereocenters. The fourth-order valence-electron chi connectivity index (χ4n) is 3.98. The van der Waals surface area contributed by atoms with Gasteiger partial charge in [-0.1, -0.05) is 24.3 Å². The minimum absolute atomic E-state index is 0.00807. The summed E-state index contributed by atoms with van der Waals surface area (Å²) in [5, 5.41) is 11.1. The van der Waals surface area contributed by atoms with Crippen molar-refractivity contribution >= 4 is 22.6 Å². The molecule has 0 radical (unpaired) electrons. The van der Waals surface area contributed by atoms with Gasteiger partial charge in [-0.25, -0.2) is 9.97 Å². The largest absolute Gasteiger partial charge is 0.356 e. The van der Waals surface area contributed by atoms with Gasteiger partial charge in [0, 0.05) is 41.8 Å². The van der Waals surface area contributed by atoms with Crippen LogP contribution in [0, 0.1) is 0 Å². The maximum Gasteiger partial charge on any atom is 0.251 e. The molecular weight excluding hydrogens is 376 g/mol. The van der Waals surface area contributed by atoms with Gasteiger partial charge in [-0.05, 0) is 42.7 Å². The lowest BCUT2D eigenvalue weighted by Crippen LogP contribution is -2.45. The number of fused-ring (bicyclic) bond motifs is 1. The predicted molar refractivity (Wildman–Crippen MR) is 116 cm³/mol. The first-order valence-electron chi connectivity index (χ1n) is 10.1. The van der Waals surface area contributed by atoms with Gasteiger partial charge < -0.3 is 10.2 Å². The van der Waals surface area contributed by atoms with Gasteiger partial charge in [0.25, 0.3) is 5.91 Å². The smallest absolute Gasteiger partial charge is 0.251 e. The summed E-state index contributed by atoms with van der Waals surface area (Å²) in [6, 6.07) is 15.7. The van der Waals surface area contributed by atoms with Crippen molar-refractivity contribution in [2.24, 2.45) is 0 Å². The van der Waals surface area contributed by atoms with Crippen LogP contribution in [0.25, 0.3) is 22.0 Å². The van der Waals surface area contributed by atoms with Gasteiger partial charge in [0.1, 0.15) is 12.1 Å². The van der Waals surface area contributed by atoms with Crippen molar-refractivity contribution in [3.8, 4) is 11.1 Å². The number of hydrogen-bond donors (Lipinski definition) is 2. The van der Waals surface area contributed by atoms with Gasteiger partial charge in [-0.15, -0.1) is 0 Å². The Morgan fingerprint density at radius 3 is 2.63 bits per heavy atom. The van der Waals surface area contributed by atoms with Crippen LogP contribution in [0.5, 0.6) is 0 Å². The minimum atomic E-state index is -0.00807. The van der Waals surface area contributed by atoms with Crippen LogP contribution in [-0.2, 0) is 0 Å². The van der Waals surface area contributed by atoms with Gasteiger partial charge >= 0.3 is 0 Å². The first-order valence-corrected chi connectivity index (χ1v) is 10.1. The number of nitrogens with zero attached hydrogens (tertiary/aromatic N) is 4. The molecule has 150 valence electrons. The van der Waals surface area contributed by atoms with E-state index in [0.29, 0.717) is 5.56 Å². The van der Waals surface area contributed by atoms with E-state index in [-0.39, 0.29) is 11.9 Å². The molecule has 3 heterocycles. The number of anilines is 1. The molecule has 7 nitrogen and oxygen atoms in total. The van der Waals surface area contributed by atoms with Crippen LogP contribution >= 0.6 is 0 Å². The molecule has 0 unspecified atom stereocenters. The van der Waals surface area contributed by atoms with Gasteiger partial charge in [0.15, 0.2) is 0 Å². The average Bonchev–Trinajstić information content (AvgIpc) is 3.34. The second-order valence-corrected chi connectivity index (χ2v) is 7.52. The summed E-state index contributed by atoms with van der Waals surface area (Å²) >= 11 is 0. The highest BCUT2D eigenvalue weighted by Gasteiger charge is 2.23. The second kappa shape index (κ2) is 7.94. The number of carbonyl (C=O) groups is 1. The number of aromatic nitrogens is 4. The van der Waals surface area contributed by atoms with Crippen molar-refractivity contribution in [3.05, 3.63) is 72.8 Å². The third-order valence-corrected chi connectivity index (χ3v) is 5.61. The van der Waals surface area contributed by atoms with E-state index in [2.05, 4.69) is 42.5 Å². The normalized spacial score (nSPS) is 14.7. The second-order valence-electron chi connectivity index (χ2n) is 7.52. The maximum absolute atomic E-state index is 12.4. The Kier molecular flexibility index (Phi) is 4.85. The zero-order valence-electron chi connectivity index (χ0n) is 16.5. The fraction of sp³-hybridized carbons (Fsp3) is 0.217. The van der Waals surface area contributed by atoms with Crippen molar-refractivity contribution in [3.63, 3.8) is 0 Å². The molecule has 0 saturated carbocycles. The van der Waals surface area contributed by atoms with E-state index in [9.17, 15) is 4.79 Å². The molecule has 0 spiro atoms. The van der Waals surface area contributed by atoms with Crippen LogP contribution in [0.15, 0.2) is 67.3 Å².